The summed E-state index contributed by atoms with van der Waals surface area (Å²) in [5.74, 6) is 0.371. The van der Waals surface area contributed by atoms with Crippen LogP contribution in [-0.4, -0.2) is 45.1 Å². The number of benzene rings is 1. The topological polar surface area (TPSA) is 75.7 Å². The molecular weight excluding hydrogens is 352 g/mol. The molecule has 1 aliphatic carbocycles. The van der Waals surface area contributed by atoms with Crippen molar-refractivity contribution in [1.82, 2.24) is 9.62 Å². The third kappa shape index (κ3) is 6.46. The minimum atomic E-state index is -3.44. The van der Waals surface area contributed by atoms with Crippen LogP contribution in [0.15, 0.2) is 35.9 Å². The van der Waals surface area contributed by atoms with Crippen molar-refractivity contribution in [1.29, 1.82) is 0 Å². The number of methoxy groups -OCH3 is 1. The van der Waals surface area contributed by atoms with Gasteiger partial charge in [-0.05, 0) is 38.2 Å². The molecule has 0 atom stereocenters. The number of hydrogen-bond acceptors (Lipinski definition) is 4. The van der Waals surface area contributed by atoms with Crippen molar-refractivity contribution in [3.63, 3.8) is 0 Å². The Balaban J connectivity index is 1.90. The highest BCUT2D eigenvalue weighted by Crippen LogP contribution is 2.21. The van der Waals surface area contributed by atoms with Crippen LogP contribution in [-0.2, 0) is 21.4 Å². The van der Waals surface area contributed by atoms with Gasteiger partial charge in [-0.15, -0.1) is 0 Å². The van der Waals surface area contributed by atoms with Gasteiger partial charge in [-0.1, -0.05) is 29.8 Å². The Morgan fingerprint density at radius 2 is 2.04 bits per heavy atom. The van der Waals surface area contributed by atoms with Crippen LogP contribution in [0, 0.1) is 0 Å². The van der Waals surface area contributed by atoms with Crippen LogP contribution >= 0.6 is 0 Å². The zero-order chi connectivity index (χ0) is 19.0. The van der Waals surface area contributed by atoms with E-state index >= 15 is 0 Å². The van der Waals surface area contributed by atoms with E-state index in [-0.39, 0.29) is 12.5 Å². The summed E-state index contributed by atoms with van der Waals surface area (Å²) in [7, 11) is -1.86. The monoisotopic (exact) mass is 380 g/mol. The van der Waals surface area contributed by atoms with Crippen molar-refractivity contribution >= 4 is 15.9 Å². The molecule has 1 aliphatic rings. The highest BCUT2D eigenvalue weighted by molar-refractivity contribution is 7.88. The Kier molecular flexibility index (Phi) is 7.66. The zero-order valence-electron chi connectivity index (χ0n) is 15.5. The molecule has 26 heavy (non-hydrogen) atoms. The Hall–Kier alpha value is -1.86. The van der Waals surface area contributed by atoms with E-state index in [9.17, 15) is 13.2 Å². The number of nitrogens with zero attached hydrogens (tertiary/aromatic N) is 1. The predicted octanol–water partition coefficient (Wildman–Crippen LogP) is 2.46. The lowest BCUT2D eigenvalue weighted by atomic mass is 9.97. The smallest absolute Gasteiger partial charge is 0.235 e. The Labute approximate surface area is 156 Å². The van der Waals surface area contributed by atoms with Gasteiger partial charge < -0.3 is 10.1 Å². The molecule has 0 radical (unpaired) electrons. The summed E-state index contributed by atoms with van der Waals surface area (Å²) >= 11 is 0. The van der Waals surface area contributed by atoms with Crippen LogP contribution < -0.4 is 10.1 Å². The van der Waals surface area contributed by atoms with Crippen molar-refractivity contribution in [2.75, 3.05) is 26.5 Å². The normalized spacial score (nSPS) is 14.8. The van der Waals surface area contributed by atoms with Crippen molar-refractivity contribution in [2.45, 2.75) is 38.6 Å². The first-order valence-electron chi connectivity index (χ1n) is 8.92. The Morgan fingerprint density at radius 1 is 1.27 bits per heavy atom. The number of amides is 1. The molecule has 0 fully saturated rings. The van der Waals surface area contributed by atoms with Crippen LogP contribution in [0.4, 0.5) is 0 Å². The van der Waals surface area contributed by atoms with Gasteiger partial charge in [0.05, 0.1) is 19.9 Å². The molecule has 144 valence electrons. The molecule has 1 aromatic rings. The molecule has 6 nitrogen and oxygen atoms in total. The summed E-state index contributed by atoms with van der Waals surface area (Å²) in [6.07, 6.45) is 8.48. The van der Waals surface area contributed by atoms with E-state index in [0.29, 0.717) is 25.3 Å². The van der Waals surface area contributed by atoms with Crippen LogP contribution in [0.1, 0.15) is 37.7 Å². The SMILES string of the molecule is COc1ccccc1CNC(=O)CN(CCC1=CCCCC1)S(C)(=O)=O. The zero-order valence-corrected chi connectivity index (χ0v) is 16.3. The molecule has 0 aromatic heterocycles. The fraction of sp³-hybridized carbons (Fsp3) is 0.526. The maximum Gasteiger partial charge on any atom is 0.235 e. The van der Waals surface area contributed by atoms with Gasteiger partial charge in [0.2, 0.25) is 15.9 Å². The number of carbonyl (C=O) groups is 1. The number of nitrogens with one attached hydrogen (secondary N) is 1. The number of hydrogen-bond donors (Lipinski definition) is 1. The van der Waals surface area contributed by atoms with Crippen LogP contribution in [0.5, 0.6) is 5.75 Å². The van der Waals surface area contributed by atoms with Gasteiger partial charge in [0, 0.05) is 18.7 Å². The first-order chi connectivity index (χ1) is 12.4. The lowest BCUT2D eigenvalue weighted by Crippen LogP contribution is -2.40. The highest BCUT2D eigenvalue weighted by atomic mass is 32.2. The van der Waals surface area contributed by atoms with Crippen molar-refractivity contribution in [3.8, 4) is 5.75 Å². The van der Waals surface area contributed by atoms with E-state index < -0.39 is 10.0 Å². The molecule has 0 unspecified atom stereocenters. The van der Waals surface area contributed by atoms with E-state index in [1.807, 2.05) is 24.3 Å². The molecule has 0 heterocycles. The minimum absolute atomic E-state index is 0.165. The average molecular weight is 381 g/mol. The first kappa shape index (κ1) is 20.5. The van der Waals surface area contributed by atoms with E-state index in [1.54, 1.807) is 7.11 Å². The van der Waals surface area contributed by atoms with E-state index in [1.165, 1.54) is 16.3 Å². The van der Waals surface area contributed by atoms with Gasteiger partial charge in [-0.3, -0.25) is 4.79 Å². The Morgan fingerprint density at radius 3 is 2.69 bits per heavy atom. The number of allylic oxidation sites excluding steroid dienone is 1. The largest absolute Gasteiger partial charge is 0.496 e. The van der Waals surface area contributed by atoms with E-state index in [4.69, 9.17) is 4.74 Å². The van der Waals surface area contributed by atoms with Gasteiger partial charge in [0.25, 0.3) is 0 Å². The molecule has 1 aromatic carbocycles. The van der Waals surface area contributed by atoms with Gasteiger partial charge in [-0.2, -0.15) is 4.31 Å². The number of ether oxygens (including phenoxy) is 1. The highest BCUT2D eigenvalue weighted by Gasteiger charge is 2.20. The van der Waals surface area contributed by atoms with Gasteiger partial charge >= 0.3 is 0 Å². The fourth-order valence-corrected chi connectivity index (χ4v) is 3.80. The molecule has 0 saturated carbocycles. The third-order valence-electron chi connectivity index (χ3n) is 4.52. The van der Waals surface area contributed by atoms with Crippen molar-refractivity contribution < 1.29 is 17.9 Å². The Bertz CT molecular complexity index is 744. The lowest BCUT2D eigenvalue weighted by Gasteiger charge is -2.21. The minimum Gasteiger partial charge on any atom is -0.496 e. The summed E-state index contributed by atoms with van der Waals surface area (Å²) in [5, 5.41) is 2.77. The van der Waals surface area contributed by atoms with Crippen molar-refractivity contribution in [2.24, 2.45) is 0 Å². The second-order valence-electron chi connectivity index (χ2n) is 6.54. The summed E-state index contributed by atoms with van der Waals surface area (Å²) in [6.45, 7) is 0.472. The molecule has 7 heteroatoms. The number of rotatable bonds is 9. The molecule has 0 spiro atoms. The maximum atomic E-state index is 12.3. The van der Waals surface area contributed by atoms with Gasteiger partial charge in [0.15, 0.2) is 0 Å². The number of sulfonamides is 1. The second-order valence-corrected chi connectivity index (χ2v) is 8.53. The molecule has 0 aliphatic heterocycles. The van der Waals surface area contributed by atoms with E-state index in [0.717, 1.165) is 31.1 Å². The van der Waals surface area contributed by atoms with Gasteiger partial charge in [-0.25, -0.2) is 8.42 Å². The molecule has 1 N–H and O–H groups in total. The summed E-state index contributed by atoms with van der Waals surface area (Å²) in [5.41, 5.74) is 2.14. The lowest BCUT2D eigenvalue weighted by molar-refractivity contribution is -0.121. The second kappa shape index (κ2) is 9.73. The van der Waals surface area contributed by atoms with Crippen LogP contribution in [0.25, 0.3) is 0 Å². The van der Waals surface area contributed by atoms with Crippen molar-refractivity contribution in [3.05, 3.63) is 41.5 Å². The first-order valence-corrected chi connectivity index (χ1v) is 10.8. The fourth-order valence-electron chi connectivity index (χ4n) is 3.02. The maximum absolute atomic E-state index is 12.3. The predicted molar refractivity (Wildman–Crippen MR) is 102 cm³/mol. The summed E-state index contributed by atoms with van der Waals surface area (Å²) in [6, 6.07) is 7.41. The quantitative estimate of drug-likeness (QED) is 0.668. The van der Waals surface area contributed by atoms with Crippen LogP contribution in [0.2, 0.25) is 0 Å². The molecule has 1 amide bonds. The summed E-state index contributed by atoms with van der Waals surface area (Å²) < 4.78 is 30.5. The van der Waals surface area contributed by atoms with E-state index in [2.05, 4.69) is 11.4 Å². The van der Waals surface area contributed by atoms with Crippen LogP contribution in [0.3, 0.4) is 0 Å². The number of para-hydroxylation sites is 1. The molecule has 0 saturated heterocycles. The summed E-state index contributed by atoms with van der Waals surface area (Å²) in [4.78, 5) is 12.3. The molecule has 0 bridgehead atoms. The van der Waals surface area contributed by atoms with Gasteiger partial charge in [0.1, 0.15) is 5.75 Å². The molecule has 2 rings (SSSR count). The number of carbonyl (C=O) groups excluding carboxylic acids is 1. The third-order valence-corrected chi connectivity index (χ3v) is 5.77. The molecular formula is C19H28N2O4S. The average Bonchev–Trinajstić information content (AvgIpc) is 2.63. The standard InChI is InChI=1S/C19H28N2O4S/c1-25-18-11-7-6-10-17(18)14-20-19(22)15-21(26(2,23)24)13-12-16-8-4-3-5-9-16/h6-8,10-11H,3-5,9,12-15H2,1-2H3,(H,20,22).